The summed E-state index contributed by atoms with van der Waals surface area (Å²) >= 11 is 0. The molecule has 2 aromatic rings. The third-order valence-corrected chi connectivity index (χ3v) is 4.92. The number of guanidine groups is 1. The van der Waals surface area contributed by atoms with Gasteiger partial charge in [0.15, 0.2) is 5.96 Å². The Hall–Kier alpha value is -3.03. The van der Waals surface area contributed by atoms with Crippen molar-refractivity contribution in [3.63, 3.8) is 0 Å². The summed E-state index contributed by atoms with van der Waals surface area (Å²) in [5.41, 5.74) is 0. The lowest BCUT2D eigenvalue weighted by atomic mass is 10.1. The van der Waals surface area contributed by atoms with Gasteiger partial charge in [0.2, 0.25) is 5.91 Å². The van der Waals surface area contributed by atoms with Gasteiger partial charge in [-0.2, -0.15) is 0 Å². The largest absolute Gasteiger partial charge is 0.469 e. The lowest BCUT2D eigenvalue weighted by Gasteiger charge is -2.33. The van der Waals surface area contributed by atoms with E-state index >= 15 is 0 Å². The molecule has 1 amide bonds. The minimum Gasteiger partial charge on any atom is -0.469 e. The van der Waals surface area contributed by atoms with Crippen molar-refractivity contribution >= 4 is 17.7 Å². The number of rotatable bonds is 7. The number of likely N-dealkylation sites (N-methyl/N-ethyl adjacent to an activating group) is 1. The standard InChI is InChI=1S/C21H30N6O2/c1-26(2)20(28)16-24-21(23-12-8-18-6-5-15-29-18)25-17-9-13-27(14-10-17)19-7-3-4-11-22-19/h3-7,11,15,17H,8-10,12-14,16H2,1-2H3,(H2,23,24,25). The van der Waals surface area contributed by atoms with Crippen molar-refractivity contribution in [3.8, 4) is 0 Å². The zero-order valence-corrected chi connectivity index (χ0v) is 17.2. The third kappa shape index (κ3) is 6.51. The Labute approximate surface area is 172 Å². The van der Waals surface area contributed by atoms with Crippen molar-refractivity contribution in [2.45, 2.75) is 25.3 Å². The molecule has 0 unspecified atom stereocenters. The van der Waals surface area contributed by atoms with E-state index in [2.05, 4.69) is 25.5 Å². The second kappa shape index (κ2) is 10.5. The average Bonchev–Trinajstić information content (AvgIpc) is 3.26. The number of nitrogens with zero attached hydrogens (tertiary/aromatic N) is 4. The van der Waals surface area contributed by atoms with Crippen LogP contribution in [0.3, 0.4) is 0 Å². The van der Waals surface area contributed by atoms with Gasteiger partial charge in [0.1, 0.15) is 18.1 Å². The van der Waals surface area contributed by atoms with Crippen LogP contribution in [0.2, 0.25) is 0 Å². The van der Waals surface area contributed by atoms with Crippen LogP contribution >= 0.6 is 0 Å². The molecule has 29 heavy (non-hydrogen) atoms. The molecule has 0 spiro atoms. The molecule has 1 aliphatic heterocycles. The fourth-order valence-corrected chi connectivity index (χ4v) is 3.19. The molecule has 8 heteroatoms. The van der Waals surface area contributed by atoms with Crippen LogP contribution in [0.4, 0.5) is 5.82 Å². The van der Waals surface area contributed by atoms with Gasteiger partial charge in [-0.05, 0) is 37.1 Å². The minimum atomic E-state index is -0.0258. The molecule has 0 bridgehead atoms. The maximum atomic E-state index is 11.9. The van der Waals surface area contributed by atoms with Crippen LogP contribution in [0, 0.1) is 0 Å². The lowest BCUT2D eigenvalue weighted by molar-refractivity contribution is -0.127. The molecule has 3 rings (SSSR count). The molecule has 1 saturated heterocycles. The Morgan fingerprint density at radius 2 is 2.10 bits per heavy atom. The van der Waals surface area contributed by atoms with Crippen molar-refractivity contribution < 1.29 is 9.21 Å². The monoisotopic (exact) mass is 398 g/mol. The van der Waals surface area contributed by atoms with E-state index in [0.717, 1.165) is 43.9 Å². The Morgan fingerprint density at radius 3 is 2.76 bits per heavy atom. The van der Waals surface area contributed by atoms with Crippen LogP contribution in [-0.2, 0) is 11.2 Å². The number of hydrogen-bond acceptors (Lipinski definition) is 5. The first-order valence-electron chi connectivity index (χ1n) is 10.0. The fraction of sp³-hybridized carbons (Fsp3) is 0.476. The fourth-order valence-electron chi connectivity index (χ4n) is 3.19. The lowest BCUT2D eigenvalue weighted by Crippen LogP contribution is -2.49. The molecule has 3 heterocycles. The van der Waals surface area contributed by atoms with Crippen LogP contribution in [0.1, 0.15) is 18.6 Å². The first kappa shape index (κ1) is 20.7. The van der Waals surface area contributed by atoms with Gasteiger partial charge in [0.05, 0.1) is 6.26 Å². The maximum absolute atomic E-state index is 11.9. The number of carbonyl (C=O) groups is 1. The summed E-state index contributed by atoms with van der Waals surface area (Å²) in [4.78, 5) is 24.7. The summed E-state index contributed by atoms with van der Waals surface area (Å²) in [6.07, 6.45) is 6.23. The predicted molar refractivity (Wildman–Crippen MR) is 114 cm³/mol. The molecule has 0 aromatic carbocycles. The van der Waals surface area contributed by atoms with E-state index in [0.29, 0.717) is 18.5 Å². The van der Waals surface area contributed by atoms with Crippen LogP contribution < -0.4 is 15.5 Å². The molecule has 0 radical (unpaired) electrons. The molecule has 156 valence electrons. The van der Waals surface area contributed by atoms with Crippen molar-refractivity contribution in [1.82, 2.24) is 20.5 Å². The molecule has 2 N–H and O–H groups in total. The number of pyridine rings is 1. The molecule has 1 fully saturated rings. The zero-order valence-electron chi connectivity index (χ0n) is 17.2. The van der Waals surface area contributed by atoms with Gasteiger partial charge in [-0.15, -0.1) is 0 Å². The second-order valence-electron chi connectivity index (χ2n) is 7.30. The number of anilines is 1. The molecule has 0 saturated carbocycles. The van der Waals surface area contributed by atoms with Gasteiger partial charge >= 0.3 is 0 Å². The molecular weight excluding hydrogens is 368 g/mol. The number of furan rings is 1. The van der Waals surface area contributed by atoms with Crippen molar-refractivity contribution in [2.75, 3.05) is 45.2 Å². The van der Waals surface area contributed by atoms with E-state index in [1.54, 1.807) is 25.3 Å². The van der Waals surface area contributed by atoms with Gasteiger partial charge in [0.25, 0.3) is 0 Å². The number of carbonyl (C=O) groups excluding carboxylic acids is 1. The van der Waals surface area contributed by atoms with Gasteiger partial charge < -0.3 is 24.9 Å². The Balaban J connectivity index is 1.52. The molecular formula is C21H30N6O2. The van der Waals surface area contributed by atoms with Crippen LogP contribution in [-0.4, -0.2) is 68.1 Å². The van der Waals surface area contributed by atoms with Crippen LogP contribution in [0.15, 0.2) is 52.2 Å². The highest BCUT2D eigenvalue weighted by molar-refractivity contribution is 5.85. The molecule has 2 aromatic heterocycles. The average molecular weight is 399 g/mol. The smallest absolute Gasteiger partial charge is 0.243 e. The van der Waals surface area contributed by atoms with Gasteiger partial charge in [-0.3, -0.25) is 4.79 Å². The highest BCUT2D eigenvalue weighted by atomic mass is 16.3. The van der Waals surface area contributed by atoms with Crippen LogP contribution in [0.25, 0.3) is 0 Å². The zero-order chi connectivity index (χ0) is 20.5. The molecule has 8 nitrogen and oxygen atoms in total. The van der Waals surface area contributed by atoms with Crippen molar-refractivity contribution in [3.05, 3.63) is 48.6 Å². The van der Waals surface area contributed by atoms with E-state index in [1.165, 1.54) is 0 Å². The van der Waals surface area contributed by atoms with E-state index < -0.39 is 0 Å². The first-order valence-corrected chi connectivity index (χ1v) is 10.0. The first-order chi connectivity index (χ1) is 14.1. The van der Waals surface area contributed by atoms with Gasteiger partial charge in [-0.25, -0.2) is 9.98 Å². The van der Waals surface area contributed by atoms with Crippen LogP contribution in [0.5, 0.6) is 0 Å². The summed E-state index contributed by atoms with van der Waals surface area (Å²) in [6.45, 7) is 2.67. The second-order valence-corrected chi connectivity index (χ2v) is 7.30. The normalized spacial score (nSPS) is 15.2. The Kier molecular flexibility index (Phi) is 7.49. The Morgan fingerprint density at radius 1 is 1.28 bits per heavy atom. The van der Waals surface area contributed by atoms with E-state index in [-0.39, 0.29) is 12.5 Å². The summed E-state index contributed by atoms with van der Waals surface area (Å²) < 4.78 is 5.38. The highest BCUT2D eigenvalue weighted by Gasteiger charge is 2.21. The third-order valence-electron chi connectivity index (χ3n) is 4.92. The number of aromatic nitrogens is 1. The topological polar surface area (TPSA) is 86.0 Å². The Bertz CT molecular complexity index is 768. The summed E-state index contributed by atoms with van der Waals surface area (Å²) in [5.74, 6) is 2.59. The number of hydrogen-bond donors (Lipinski definition) is 2. The summed E-state index contributed by atoms with van der Waals surface area (Å²) in [6, 6.07) is 10.1. The van der Waals surface area contributed by atoms with Crippen molar-refractivity contribution in [1.29, 1.82) is 0 Å². The molecule has 0 atom stereocenters. The summed E-state index contributed by atoms with van der Waals surface area (Å²) in [5, 5.41) is 6.82. The SMILES string of the molecule is CN(C)C(=O)CN=C(NCCc1ccco1)NC1CCN(c2ccccn2)CC1. The number of aliphatic imine (C=N–C) groups is 1. The van der Waals surface area contributed by atoms with E-state index in [4.69, 9.17) is 4.42 Å². The molecule has 0 aliphatic carbocycles. The minimum absolute atomic E-state index is 0.0258. The van der Waals surface area contributed by atoms with E-state index in [1.807, 2.05) is 36.5 Å². The van der Waals surface area contributed by atoms with E-state index in [9.17, 15) is 4.79 Å². The van der Waals surface area contributed by atoms with Crippen molar-refractivity contribution in [2.24, 2.45) is 4.99 Å². The number of piperidine rings is 1. The predicted octanol–water partition coefficient (Wildman–Crippen LogP) is 1.51. The number of amides is 1. The maximum Gasteiger partial charge on any atom is 0.243 e. The molecule has 1 aliphatic rings. The highest BCUT2D eigenvalue weighted by Crippen LogP contribution is 2.17. The number of nitrogens with one attached hydrogen (secondary N) is 2. The van der Waals surface area contributed by atoms with Gasteiger partial charge in [-0.1, -0.05) is 6.07 Å². The quantitative estimate of drug-likeness (QED) is 0.543. The summed E-state index contributed by atoms with van der Waals surface area (Å²) in [7, 11) is 3.48. The van der Waals surface area contributed by atoms with Gasteiger partial charge in [0, 0.05) is 52.4 Å².